The van der Waals surface area contributed by atoms with E-state index in [4.69, 9.17) is 0 Å². The molecule has 0 N–H and O–H groups in total. The lowest BCUT2D eigenvalue weighted by atomic mass is 10.1. The minimum Gasteiger partial charge on any atom is -0.238 e. The number of rotatable bonds is 2. The third kappa shape index (κ3) is 2.24. The molecular formula is C8H10BrFN2. The van der Waals surface area contributed by atoms with Crippen LogP contribution in [0.25, 0.3) is 0 Å². The van der Waals surface area contributed by atoms with Gasteiger partial charge < -0.3 is 0 Å². The minimum absolute atomic E-state index is 0.244. The van der Waals surface area contributed by atoms with Crippen molar-refractivity contribution in [2.24, 2.45) is 5.92 Å². The largest absolute Gasteiger partial charge is 0.238 e. The maximum absolute atomic E-state index is 13.2. The van der Waals surface area contributed by atoms with Crippen molar-refractivity contribution in [2.45, 2.75) is 20.3 Å². The molecule has 1 aromatic rings. The second kappa shape index (κ2) is 3.94. The molecule has 0 aliphatic heterocycles. The van der Waals surface area contributed by atoms with E-state index in [2.05, 4.69) is 25.9 Å². The summed E-state index contributed by atoms with van der Waals surface area (Å²) in [6.45, 7) is 4.05. The predicted molar refractivity (Wildman–Crippen MR) is 48.2 cm³/mol. The van der Waals surface area contributed by atoms with Gasteiger partial charge in [0.15, 0.2) is 5.82 Å². The van der Waals surface area contributed by atoms with Crippen molar-refractivity contribution in [1.82, 2.24) is 9.97 Å². The molecule has 2 nitrogen and oxygen atoms in total. The first-order valence-corrected chi connectivity index (χ1v) is 4.55. The predicted octanol–water partition coefficient (Wildman–Crippen LogP) is 2.58. The highest BCUT2D eigenvalue weighted by molar-refractivity contribution is 9.10. The Labute approximate surface area is 79.4 Å². The molecule has 0 aromatic carbocycles. The van der Waals surface area contributed by atoms with Gasteiger partial charge in [0, 0.05) is 0 Å². The molecule has 0 bridgehead atoms. The molecule has 0 radical (unpaired) electrons. The molecule has 1 heterocycles. The summed E-state index contributed by atoms with van der Waals surface area (Å²) in [6, 6.07) is 0. The van der Waals surface area contributed by atoms with E-state index in [1.165, 1.54) is 6.33 Å². The van der Waals surface area contributed by atoms with Gasteiger partial charge in [0.25, 0.3) is 0 Å². The maximum Gasteiger partial charge on any atom is 0.177 e. The molecule has 0 saturated carbocycles. The van der Waals surface area contributed by atoms with E-state index in [1.807, 2.05) is 13.8 Å². The van der Waals surface area contributed by atoms with Crippen molar-refractivity contribution >= 4 is 15.9 Å². The third-order valence-corrected chi connectivity index (χ3v) is 1.97. The summed E-state index contributed by atoms with van der Waals surface area (Å²) in [4.78, 5) is 7.54. The average Bonchev–Trinajstić information content (AvgIpc) is 1.98. The highest BCUT2D eigenvalue weighted by Crippen LogP contribution is 2.16. The second-order valence-corrected chi connectivity index (χ2v) is 3.77. The van der Waals surface area contributed by atoms with E-state index in [0.29, 0.717) is 18.0 Å². The fourth-order valence-electron chi connectivity index (χ4n) is 0.911. The van der Waals surface area contributed by atoms with Gasteiger partial charge in [-0.2, -0.15) is 0 Å². The van der Waals surface area contributed by atoms with Crippen molar-refractivity contribution < 1.29 is 4.39 Å². The van der Waals surface area contributed by atoms with Crippen LogP contribution >= 0.6 is 15.9 Å². The van der Waals surface area contributed by atoms with Gasteiger partial charge in [-0.1, -0.05) is 13.8 Å². The van der Waals surface area contributed by atoms with E-state index in [0.717, 1.165) is 0 Å². The highest BCUT2D eigenvalue weighted by Gasteiger charge is 2.09. The van der Waals surface area contributed by atoms with Crippen LogP contribution in [0, 0.1) is 11.7 Å². The van der Waals surface area contributed by atoms with Crippen LogP contribution < -0.4 is 0 Å². The van der Waals surface area contributed by atoms with Crippen molar-refractivity contribution in [3.8, 4) is 0 Å². The van der Waals surface area contributed by atoms with Crippen LogP contribution in [0.15, 0.2) is 10.9 Å². The van der Waals surface area contributed by atoms with E-state index in [9.17, 15) is 4.39 Å². The quantitative estimate of drug-likeness (QED) is 0.733. The van der Waals surface area contributed by atoms with Crippen LogP contribution in [-0.2, 0) is 6.42 Å². The van der Waals surface area contributed by atoms with Crippen molar-refractivity contribution in [3.05, 3.63) is 22.4 Å². The first-order valence-electron chi connectivity index (χ1n) is 3.76. The second-order valence-electron chi connectivity index (χ2n) is 3.02. The molecule has 1 aromatic heterocycles. The molecule has 0 saturated heterocycles. The van der Waals surface area contributed by atoms with E-state index in [-0.39, 0.29) is 10.4 Å². The Kier molecular flexibility index (Phi) is 3.14. The topological polar surface area (TPSA) is 25.8 Å². The summed E-state index contributed by atoms with van der Waals surface area (Å²) in [5, 5.41) is 0. The zero-order valence-electron chi connectivity index (χ0n) is 7.01. The Balaban J connectivity index is 2.92. The van der Waals surface area contributed by atoms with Gasteiger partial charge in [0.05, 0.1) is 5.69 Å². The standard InChI is InChI=1S/C8H10BrFN2/c1-5(2)3-6-7(10)8(9)12-4-11-6/h4-5H,3H2,1-2H3. The number of aromatic nitrogens is 2. The van der Waals surface area contributed by atoms with Gasteiger partial charge in [-0.15, -0.1) is 0 Å². The number of hydrogen-bond acceptors (Lipinski definition) is 2. The minimum atomic E-state index is -0.341. The van der Waals surface area contributed by atoms with E-state index >= 15 is 0 Å². The Morgan fingerprint density at radius 1 is 1.50 bits per heavy atom. The van der Waals surface area contributed by atoms with E-state index < -0.39 is 0 Å². The lowest BCUT2D eigenvalue weighted by molar-refractivity contribution is 0.547. The van der Waals surface area contributed by atoms with Gasteiger partial charge in [-0.25, -0.2) is 14.4 Å². The Hall–Kier alpha value is -0.510. The van der Waals surface area contributed by atoms with Gasteiger partial charge in [0.2, 0.25) is 0 Å². The molecule has 0 spiro atoms. The van der Waals surface area contributed by atoms with Crippen LogP contribution in [0.1, 0.15) is 19.5 Å². The Bertz CT molecular complexity index is 276. The lowest BCUT2D eigenvalue weighted by Gasteiger charge is -2.04. The molecule has 0 aliphatic carbocycles. The fourth-order valence-corrected chi connectivity index (χ4v) is 1.23. The smallest absolute Gasteiger partial charge is 0.177 e. The molecule has 66 valence electrons. The fraction of sp³-hybridized carbons (Fsp3) is 0.500. The molecule has 0 fully saturated rings. The van der Waals surface area contributed by atoms with Crippen LogP contribution in [0.3, 0.4) is 0 Å². The molecule has 0 aliphatic rings. The zero-order chi connectivity index (χ0) is 9.14. The first-order chi connectivity index (χ1) is 5.61. The molecule has 4 heteroatoms. The van der Waals surface area contributed by atoms with Gasteiger partial charge in [0.1, 0.15) is 10.9 Å². The SMILES string of the molecule is CC(C)Cc1ncnc(Br)c1F. The van der Waals surface area contributed by atoms with E-state index in [1.54, 1.807) is 0 Å². The third-order valence-electron chi connectivity index (χ3n) is 1.42. The van der Waals surface area contributed by atoms with Crippen molar-refractivity contribution in [3.63, 3.8) is 0 Å². The number of halogens is 2. The van der Waals surface area contributed by atoms with Gasteiger partial charge >= 0.3 is 0 Å². The van der Waals surface area contributed by atoms with Crippen LogP contribution in [0.5, 0.6) is 0 Å². The summed E-state index contributed by atoms with van der Waals surface area (Å²) in [5.74, 6) is 0.0625. The van der Waals surface area contributed by atoms with Crippen molar-refractivity contribution in [1.29, 1.82) is 0 Å². The summed E-state index contributed by atoms with van der Waals surface area (Å²) in [7, 11) is 0. The Morgan fingerprint density at radius 3 is 2.75 bits per heavy atom. The monoisotopic (exact) mass is 232 g/mol. The summed E-state index contributed by atoms with van der Waals surface area (Å²) in [5.41, 5.74) is 0.479. The normalized spacial score (nSPS) is 10.8. The van der Waals surface area contributed by atoms with Crippen LogP contribution in [0.2, 0.25) is 0 Å². The summed E-state index contributed by atoms with van der Waals surface area (Å²) < 4.78 is 13.4. The highest BCUT2D eigenvalue weighted by atomic mass is 79.9. The Morgan fingerprint density at radius 2 is 2.17 bits per heavy atom. The molecule has 12 heavy (non-hydrogen) atoms. The van der Waals surface area contributed by atoms with Crippen LogP contribution in [0.4, 0.5) is 4.39 Å². The zero-order valence-corrected chi connectivity index (χ0v) is 8.60. The van der Waals surface area contributed by atoms with Gasteiger partial charge in [-0.05, 0) is 28.3 Å². The average molecular weight is 233 g/mol. The molecule has 0 unspecified atom stereocenters. The molecule has 1 rings (SSSR count). The molecule has 0 amide bonds. The maximum atomic E-state index is 13.2. The number of hydrogen-bond donors (Lipinski definition) is 0. The summed E-state index contributed by atoms with van der Waals surface area (Å²) in [6.07, 6.45) is 2.01. The summed E-state index contributed by atoms with van der Waals surface area (Å²) >= 11 is 3.01. The molecular weight excluding hydrogens is 223 g/mol. The van der Waals surface area contributed by atoms with Crippen molar-refractivity contribution in [2.75, 3.05) is 0 Å². The molecule has 0 atom stereocenters. The first kappa shape index (κ1) is 9.58. The lowest BCUT2D eigenvalue weighted by Crippen LogP contribution is -2.02. The number of nitrogens with zero attached hydrogens (tertiary/aromatic N) is 2. The van der Waals surface area contributed by atoms with Gasteiger partial charge in [-0.3, -0.25) is 0 Å². The van der Waals surface area contributed by atoms with Crippen LogP contribution in [-0.4, -0.2) is 9.97 Å².